The van der Waals surface area contributed by atoms with Crippen LogP contribution >= 0.6 is 23.8 Å². The molecule has 0 aliphatic carbocycles. The highest BCUT2D eigenvalue weighted by molar-refractivity contribution is 7.80. The zero-order valence-corrected chi connectivity index (χ0v) is 17.7. The largest absolute Gasteiger partial charge is 0.435 e. The van der Waals surface area contributed by atoms with Crippen LogP contribution in [0.3, 0.4) is 0 Å². The average molecular weight is 457 g/mol. The first-order valence-corrected chi connectivity index (χ1v) is 9.94. The zero-order chi connectivity index (χ0) is 21.7. The lowest BCUT2D eigenvalue weighted by atomic mass is 10.2. The predicted molar refractivity (Wildman–Crippen MR) is 114 cm³/mol. The molecule has 160 valence electrons. The van der Waals surface area contributed by atoms with Crippen LogP contribution in [0.1, 0.15) is 23.4 Å². The van der Waals surface area contributed by atoms with Crippen LogP contribution in [0, 0.1) is 6.92 Å². The summed E-state index contributed by atoms with van der Waals surface area (Å²) < 4.78 is 41.2. The highest BCUT2D eigenvalue weighted by Gasteiger charge is 2.34. The van der Waals surface area contributed by atoms with E-state index in [-0.39, 0.29) is 0 Å². The molecule has 0 saturated heterocycles. The molecule has 0 spiro atoms. The molecule has 3 rings (SSSR count). The summed E-state index contributed by atoms with van der Waals surface area (Å²) in [7, 11) is 0. The van der Waals surface area contributed by atoms with Crippen LogP contribution in [0.4, 0.5) is 19.0 Å². The average Bonchev–Trinajstić information content (AvgIpc) is 3.27. The fourth-order valence-electron chi connectivity index (χ4n) is 2.78. The van der Waals surface area contributed by atoms with Crippen LogP contribution in [0.5, 0.6) is 0 Å². The number of hydrogen-bond donors (Lipinski definition) is 2. The summed E-state index contributed by atoms with van der Waals surface area (Å²) in [4.78, 5) is 0. The number of nitrogens with one attached hydrogen (secondary N) is 2. The molecular formula is C19H20ClF3N6S. The van der Waals surface area contributed by atoms with E-state index in [1.54, 1.807) is 17.7 Å². The summed E-state index contributed by atoms with van der Waals surface area (Å²) in [6.45, 7) is 2.96. The molecule has 0 amide bonds. The number of anilines is 1. The van der Waals surface area contributed by atoms with E-state index in [4.69, 9.17) is 23.8 Å². The molecule has 2 heterocycles. The molecule has 30 heavy (non-hydrogen) atoms. The predicted octanol–water partition coefficient (Wildman–Crippen LogP) is 4.49. The quantitative estimate of drug-likeness (QED) is 0.405. The van der Waals surface area contributed by atoms with Gasteiger partial charge in [0.15, 0.2) is 16.6 Å². The molecule has 3 aromatic rings. The van der Waals surface area contributed by atoms with Crippen molar-refractivity contribution >= 4 is 34.7 Å². The lowest BCUT2D eigenvalue weighted by Gasteiger charge is -2.09. The molecule has 0 fully saturated rings. The van der Waals surface area contributed by atoms with Gasteiger partial charge in [0.2, 0.25) is 0 Å². The summed E-state index contributed by atoms with van der Waals surface area (Å²) in [5, 5.41) is 15.1. The molecule has 0 atom stereocenters. The van der Waals surface area contributed by atoms with Crippen molar-refractivity contribution < 1.29 is 13.2 Å². The van der Waals surface area contributed by atoms with Crippen molar-refractivity contribution in [3.05, 3.63) is 64.6 Å². The van der Waals surface area contributed by atoms with Crippen molar-refractivity contribution in [3.8, 4) is 0 Å². The van der Waals surface area contributed by atoms with E-state index < -0.39 is 11.9 Å². The zero-order valence-electron chi connectivity index (χ0n) is 16.1. The standard InChI is InChI=1S/C19H20ClF3N6S/c1-13-11-16(19(21,22)23)26-29(13)9-4-8-24-18(30)25-17-7-10-28(27-17)12-14-5-2-3-6-15(14)20/h2-3,5-7,10-11H,4,8-9,12H2,1H3,(H2,24,25,27,30). The topological polar surface area (TPSA) is 59.7 Å². The molecule has 6 nitrogen and oxygen atoms in total. The number of benzene rings is 1. The Bertz CT molecular complexity index is 1010. The highest BCUT2D eigenvalue weighted by Crippen LogP contribution is 2.28. The van der Waals surface area contributed by atoms with E-state index in [2.05, 4.69) is 20.8 Å². The summed E-state index contributed by atoms with van der Waals surface area (Å²) in [6, 6.07) is 10.4. The maximum atomic E-state index is 12.7. The maximum absolute atomic E-state index is 12.7. The van der Waals surface area contributed by atoms with Gasteiger partial charge in [-0.3, -0.25) is 9.36 Å². The summed E-state index contributed by atoms with van der Waals surface area (Å²) in [6.07, 6.45) is -2.06. The second-order valence-corrected chi connectivity index (χ2v) is 7.43. The second-order valence-electron chi connectivity index (χ2n) is 6.62. The molecule has 1 aromatic carbocycles. The van der Waals surface area contributed by atoms with Crippen molar-refractivity contribution in [2.75, 3.05) is 11.9 Å². The second kappa shape index (κ2) is 9.48. The number of thiocarbonyl (C=S) groups is 1. The number of hydrogen-bond acceptors (Lipinski definition) is 3. The SMILES string of the molecule is Cc1cc(C(F)(F)F)nn1CCCNC(=S)Nc1ccn(Cc2ccccc2Cl)n1. The van der Waals surface area contributed by atoms with E-state index in [1.165, 1.54) is 4.68 Å². The molecule has 0 aliphatic rings. The van der Waals surface area contributed by atoms with E-state index in [9.17, 15) is 13.2 Å². The molecule has 2 aromatic heterocycles. The van der Waals surface area contributed by atoms with Gasteiger partial charge < -0.3 is 10.6 Å². The minimum atomic E-state index is -4.44. The Hall–Kier alpha value is -2.59. The van der Waals surface area contributed by atoms with Crippen molar-refractivity contribution in [1.29, 1.82) is 0 Å². The molecular weight excluding hydrogens is 437 g/mol. The third-order valence-corrected chi connectivity index (χ3v) is 4.89. The van der Waals surface area contributed by atoms with Gasteiger partial charge in [-0.25, -0.2) is 0 Å². The molecule has 0 unspecified atom stereocenters. The van der Waals surface area contributed by atoms with E-state index >= 15 is 0 Å². The van der Waals surface area contributed by atoms with Crippen LogP contribution in [0.2, 0.25) is 5.02 Å². The number of alkyl halides is 3. The van der Waals surface area contributed by atoms with Gasteiger partial charge in [0.25, 0.3) is 0 Å². The molecule has 11 heteroatoms. The molecule has 0 bridgehead atoms. The van der Waals surface area contributed by atoms with Crippen LogP contribution in [-0.2, 0) is 19.3 Å². The molecule has 0 saturated carbocycles. The number of nitrogens with zero attached hydrogens (tertiary/aromatic N) is 4. The number of aromatic nitrogens is 4. The van der Waals surface area contributed by atoms with Gasteiger partial charge in [-0.05, 0) is 43.3 Å². The Kier molecular flexibility index (Phi) is 6.99. The number of aryl methyl sites for hydroxylation is 2. The van der Waals surface area contributed by atoms with Crippen molar-refractivity contribution in [3.63, 3.8) is 0 Å². The fourth-order valence-corrected chi connectivity index (χ4v) is 3.19. The monoisotopic (exact) mass is 456 g/mol. The van der Waals surface area contributed by atoms with Gasteiger partial charge in [0, 0.05) is 36.1 Å². The Morgan fingerprint density at radius 1 is 1.20 bits per heavy atom. The van der Waals surface area contributed by atoms with Gasteiger partial charge in [0.1, 0.15) is 0 Å². The molecule has 2 N–H and O–H groups in total. The summed E-state index contributed by atoms with van der Waals surface area (Å²) >= 11 is 11.4. The fraction of sp³-hybridized carbons (Fsp3) is 0.316. The Labute approximate surface area is 182 Å². The van der Waals surface area contributed by atoms with Crippen molar-refractivity contribution in [2.45, 2.75) is 32.6 Å². The Morgan fingerprint density at radius 2 is 1.97 bits per heavy atom. The smallest absolute Gasteiger partial charge is 0.362 e. The Balaban J connectivity index is 1.43. The normalized spacial score (nSPS) is 11.5. The maximum Gasteiger partial charge on any atom is 0.435 e. The van der Waals surface area contributed by atoms with Gasteiger partial charge >= 0.3 is 6.18 Å². The van der Waals surface area contributed by atoms with Crippen LogP contribution in [0.15, 0.2) is 42.6 Å². The number of halogens is 4. The molecule has 0 radical (unpaired) electrons. The number of rotatable bonds is 7. The molecule has 0 aliphatic heterocycles. The minimum absolute atomic E-state index is 0.351. The van der Waals surface area contributed by atoms with Gasteiger partial charge in [0.05, 0.1) is 6.54 Å². The highest BCUT2D eigenvalue weighted by atomic mass is 35.5. The van der Waals surface area contributed by atoms with Gasteiger partial charge in [-0.15, -0.1) is 0 Å². The van der Waals surface area contributed by atoms with Gasteiger partial charge in [-0.2, -0.15) is 23.4 Å². The van der Waals surface area contributed by atoms with Crippen molar-refractivity contribution in [2.24, 2.45) is 0 Å². The summed E-state index contributed by atoms with van der Waals surface area (Å²) in [5.74, 6) is 0.581. The lowest BCUT2D eigenvalue weighted by Crippen LogP contribution is -2.30. The van der Waals surface area contributed by atoms with Crippen LogP contribution in [0.25, 0.3) is 0 Å². The van der Waals surface area contributed by atoms with Crippen molar-refractivity contribution in [1.82, 2.24) is 24.9 Å². The lowest BCUT2D eigenvalue weighted by molar-refractivity contribution is -0.141. The van der Waals surface area contributed by atoms with Crippen LogP contribution in [-0.4, -0.2) is 31.2 Å². The first kappa shape index (κ1) is 22.1. The van der Waals surface area contributed by atoms with E-state index in [0.717, 1.165) is 11.6 Å². The summed E-state index contributed by atoms with van der Waals surface area (Å²) in [5.41, 5.74) is 0.543. The van der Waals surface area contributed by atoms with E-state index in [1.807, 2.05) is 30.5 Å². The third kappa shape index (κ3) is 5.96. The third-order valence-electron chi connectivity index (χ3n) is 4.28. The minimum Gasteiger partial charge on any atom is -0.362 e. The first-order chi connectivity index (χ1) is 14.2. The van der Waals surface area contributed by atoms with Gasteiger partial charge in [-0.1, -0.05) is 29.8 Å². The van der Waals surface area contributed by atoms with E-state index in [0.29, 0.717) is 47.7 Å². The Morgan fingerprint density at radius 3 is 2.67 bits per heavy atom. The van der Waals surface area contributed by atoms with Crippen LogP contribution < -0.4 is 10.6 Å². The first-order valence-electron chi connectivity index (χ1n) is 9.16.